The second-order valence-corrected chi connectivity index (χ2v) is 7.67. The fourth-order valence-electron chi connectivity index (χ4n) is 3.74. The molecule has 0 unspecified atom stereocenters. The van der Waals surface area contributed by atoms with Crippen LogP contribution in [-0.2, 0) is 11.2 Å². The first-order chi connectivity index (χ1) is 14.1. The van der Waals surface area contributed by atoms with E-state index in [2.05, 4.69) is 27.3 Å². The summed E-state index contributed by atoms with van der Waals surface area (Å²) in [7, 11) is 0. The number of carbonyl (C=O) groups excluding carboxylic acids is 1. The highest BCUT2D eigenvalue weighted by atomic mass is 35.5. The summed E-state index contributed by atoms with van der Waals surface area (Å²) < 4.78 is 1.56. The van der Waals surface area contributed by atoms with Crippen LogP contribution in [-0.4, -0.2) is 57.2 Å². The van der Waals surface area contributed by atoms with E-state index in [-0.39, 0.29) is 5.91 Å². The van der Waals surface area contributed by atoms with Crippen LogP contribution in [0.2, 0.25) is 5.02 Å². The van der Waals surface area contributed by atoms with Crippen LogP contribution < -0.4 is 4.90 Å². The van der Waals surface area contributed by atoms with Crippen molar-refractivity contribution < 1.29 is 4.79 Å². The second kappa shape index (κ2) is 8.61. The van der Waals surface area contributed by atoms with Crippen molar-refractivity contribution in [2.24, 2.45) is 0 Å². The number of halogens is 1. The van der Waals surface area contributed by atoms with Crippen molar-refractivity contribution in [1.82, 2.24) is 25.1 Å². The molecule has 0 N–H and O–H groups in total. The summed E-state index contributed by atoms with van der Waals surface area (Å²) in [5.74, 6) is 0.0450. The van der Waals surface area contributed by atoms with E-state index in [0.29, 0.717) is 19.5 Å². The largest absolute Gasteiger partial charge is 0.368 e. The molecule has 29 heavy (non-hydrogen) atoms. The molecule has 0 spiro atoms. The van der Waals surface area contributed by atoms with E-state index < -0.39 is 6.04 Å². The van der Waals surface area contributed by atoms with E-state index in [1.807, 2.05) is 53.4 Å². The lowest BCUT2D eigenvalue weighted by molar-refractivity contribution is -0.135. The molecule has 2 aromatic carbocycles. The summed E-state index contributed by atoms with van der Waals surface area (Å²) in [5, 5.41) is 12.2. The third-order valence-corrected chi connectivity index (χ3v) is 5.58. The average Bonchev–Trinajstić information content (AvgIpc) is 3.29. The molecule has 0 saturated carbocycles. The molecule has 1 saturated heterocycles. The summed E-state index contributed by atoms with van der Waals surface area (Å²) in [5.41, 5.74) is 3.39. The van der Waals surface area contributed by atoms with E-state index in [4.69, 9.17) is 11.6 Å². The van der Waals surface area contributed by atoms with Gasteiger partial charge in [0, 0.05) is 43.3 Å². The van der Waals surface area contributed by atoms with Crippen LogP contribution in [0.1, 0.15) is 17.2 Å². The Kier molecular flexibility index (Phi) is 5.76. The Labute approximate surface area is 174 Å². The molecule has 0 radical (unpaired) electrons. The van der Waals surface area contributed by atoms with Crippen molar-refractivity contribution in [1.29, 1.82) is 0 Å². The molecular weight excluding hydrogens is 388 g/mol. The zero-order valence-corrected chi connectivity index (χ0v) is 17.0. The van der Waals surface area contributed by atoms with Gasteiger partial charge in [-0.3, -0.25) is 4.79 Å². The van der Waals surface area contributed by atoms with Gasteiger partial charge in [-0.1, -0.05) is 48.0 Å². The van der Waals surface area contributed by atoms with Crippen LogP contribution >= 0.6 is 11.6 Å². The number of carbonyl (C=O) groups is 1. The number of hydrogen-bond acceptors (Lipinski definition) is 5. The fourth-order valence-corrected chi connectivity index (χ4v) is 3.91. The lowest BCUT2D eigenvalue weighted by Gasteiger charge is -2.38. The molecule has 1 aliphatic heterocycles. The molecule has 3 aromatic rings. The van der Waals surface area contributed by atoms with Crippen molar-refractivity contribution in [2.75, 3.05) is 31.1 Å². The van der Waals surface area contributed by atoms with E-state index in [9.17, 15) is 4.79 Å². The van der Waals surface area contributed by atoms with Gasteiger partial charge in [-0.15, -0.1) is 5.10 Å². The minimum absolute atomic E-state index is 0.0450. The van der Waals surface area contributed by atoms with Gasteiger partial charge in [0.1, 0.15) is 12.4 Å². The average molecular weight is 411 g/mol. The molecule has 7 nitrogen and oxygen atoms in total. The van der Waals surface area contributed by atoms with Crippen LogP contribution in [0.5, 0.6) is 0 Å². The zero-order valence-electron chi connectivity index (χ0n) is 16.3. The van der Waals surface area contributed by atoms with Gasteiger partial charge in [0.2, 0.25) is 5.91 Å². The molecule has 1 fully saturated rings. The van der Waals surface area contributed by atoms with Crippen LogP contribution in [0.4, 0.5) is 5.69 Å². The number of aromatic nitrogens is 4. The quantitative estimate of drug-likeness (QED) is 0.647. The maximum Gasteiger partial charge on any atom is 0.248 e. The van der Waals surface area contributed by atoms with Gasteiger partial charge in [-0.05, 0) is 40.6 Å². The van der Waals surface area contributed by atoms with Gasteiger partial charge < -0.3 is 9.80 Å². The van der Waals surface area contributed by atoms with Gasteiger partial charge in [0.15, 0.2) is 0 Å². The number of aryl methyl sites for hydroxylation is 1. The second-order valence-electron chi connectivity index (χ2n) is 7.24. The SMILES string of the molecule is Cc1ccc(Cl)cc1N1CCN(C(=O)[C@H](Cc2ccccc2)n2cnnn2)CC1. The molecule has 4 rings (SSSR count). The summed E-state index contributed by atoms with van der Waals surface area (Å²) in [6.45, 7) is 4.91. The Balaban J connectivity index is 1.47. The fraction of sp³-hybridized carbons (Fsp3) is 0.333. The number of rotatable bonds is 5. The van der Waals surface area contributed by atoms with Crippen LogP contribution in [0.15, 0.2) is 54.9 Å². The number of tetrazole rings is 1. The minimum Gasteiger partial charge on any atom is -0.368 e. The number of benzene rings is 2. The highest BCUT2D eigenvalue weighted by molar-refractivity contribution is 6.30. The van der Waals surface area contributed by atoms with Crippen LogP contribution in [0.3, 0.4) is 0 Å². The van der Waals surface area contributed by atoms with Crippen molar-refractivity contribution in [3.63, 3.8) is 0 Å². The van der Waals surface area contributed by atoms with Crippen molar-refractivity contribution in [2.45, 2.75) is 19.4 Å². The maximum absolute atomic E-state index is 13.3. The monoisotopic (exact) mass is 410 g/mol. The predicted octanol–water partition coefficient (Wildman–Crippen LogP) is 2.77. The molecule has 1 amide bonds. The van der Waals surface area contributed by atoms with Crippen LogP contribution in [0.25, 0.3) is 0 Å². The molecule has 0 aliphatic carbocycles. The maximum atomic E-state index is 13.3. The lowest BCUT2D eigenvalue weighted by atomic mass is 10.0. The molecule has 2 heterocycles. The van der Waals surface area contributed by atoms with Gasteiger partial charge in [0.25, 0.3) is 0 Å². The third kappa shape index (κ3) is 4.40. The summed E-state index contributed by atoms with van der Waals surface area (Å²) in [4.78, 5) is 17.5. The van der Waals surface area contributed by atoms with Gasteiger partial charge in [-0.2, -0.15) is 0 Å². The molecule has 1 aliphatic rings. The number of anilines is 1. The first kappa shape index (κ1) is 19.4. The third-order valence-electron chi connectivity index (χ3n) is 5.34. The summed E-state index contributed by atoms with van der Waals surface area (Å²) in [6, 6.07) is 15.4. The predicted molar refractivity (Wildman–Crippen MR) is 112 cm³/mol. The smallest absolute Gasteiger partial charge is 0.248 e. The molecule has 150 valence electrons. The Hall–Kier alpha value is -2.93. The lowest BCUT2D eigenvalue weighted by Crippen LogP contribution is -2.51. The zero-order chi connectivity index (χ0) is 20.2. The topological polar surface area (TPSA) is 67.2 Å². The van der Waals surface area contributed by atoms with Crippen molar-refractivity contribution >= 4 is 23.2 Å². The Morgan fingerprint density at radius 1 is 1.10 bits per heavy atom. The summed E-state index contributed by atoms with van der Waals surface area (Å²) >= 11 is 6.18. The summed E-state index contributed by atoms with van der Waals surface area (Å²) in [6.07, 6.45) is 2.06. The molecule has 0 bridgehead atoms. The van der Waals surface area contributed by atoms with Crippen LogP contribution in [0, 0.1) is 6.92 Å². The van der Waals surface area contributed by atoms with E-state index in [1.54, 1.807) is 4.68 Å². The van der Waals surface area contributed by atoms with Gasteiger partial charge >= 0.3 is 0 Å². The normalized spacial score (nSPS) is 15.4. The first-order valence-corrected chi connectivity index (χ1v) is 10.1. The van der Waals surface area contributed by atoms with E-state index >= 15 is 0 Å². The van der Waals surface area contributed by atoms with Crippen molar-refractivity contribution in [3.05, 3.63) is 71.0 Å². The standard InChI is InChI=1S/C21H23ClN6O/c1-16-7-8-18(22)14-19(16)26-9-11-27(12-10-26)21(29)20(28-15-23-24-25-28)13-17-5-3-2-4-6-17/h2-8,14-15,20H,9-13H2,1H3/t20-/m0/s1. The minimum atomic E-state index is -0.452. The van der Waals surface area contributed by atoms with E-state index in [1.165, 1.54) is 11.9 Å². The van der Waals surface area contributed by atoms with Gasteiger partial charge in [-0.25, -0.2) is 4.68 Å². The highest BCUT2D eigenvalue weighted by Gasteiger charge is 2.30. The molecule has 1 aromatic heterocycles. The molecular formula is C21H23ClN6O. The molecule has 1 atom stereocenters. The number of hydrogen-bond donors (Lipinski definition) is 0. The Bertz CT molecular complexity index is 955. The first-order valence-electron chi connectivity index (χ1n) is 9.68. The molecule has 8 heteroatoms. The van der Waals surface area contributed by atoms with E-state index in [0.717, 1.165) is 29.4 Å². The number of nitrogens with zero attached hydrogens (tertiary/aromatic N) is 6. The Morgan fingerprint density at radius 2 is 1.86 bits per heavy atom. The highest BCUT2D eigenvalue weighted by Crippen LogP contribution is 2.26. The number of piperazine rings is 1. The number of amides is 1. The Morgan fingerprint density at radius 3 is 2.55 bits per heavy atom. The van der Waals surface area contributed by atoms with Crippen molar-refractivity contribution in [3.8, 4) is 0 Å². The van der Waals surface area contributed by atoms with Gasteiger partial charge in [0.05, 0.1) is 0 Å².